The summed E-state index contributed by atoms with van der Waals surface area (Å²) in [5.74, 6) is -0.245. The summed E-state index contributed by atoms with van der Waals surface area (Å²) in [6.45, 7) is -0.0428. The van der Waals surface area contributed by atoms with Gasteiger partial charge in [0.2, 0.25) is 5.91 Å². The highest BCUT2D eigenvalue weighted by atomic mass is 79.9. The monoisotopic (exact) mass is 417 g/mol. The van der Waals surface area contributed by atoms with Gasteiger partial charge in [-0.2, -0.15) is 0 Å². The Hall–Kier alpha value is -1.99. The number of nitrogens with one attached hydrogen (secondary N) is 1. The number of aryl methyl sites for hydroxylation is 2. The Labute approximate surface area is 156 Å². The molecule has 1 aliphatic carbocycles. The van der Waals surface area contributed by atoms with Crippen LogP contribution >= 0.6 is 27.3 Å². The molecular formula is C18H16BrN3O2S. The molecule has 0 radical (unpaired) electrons. The van der Waals surface area contributed by atoms with Crippen LogP contribution in [0.25, 0.3) is 10.2 Å². The van der Waals surface area contributed by atoms with E-state index in [-0.39, 0.29) is 18.0 Å². The number of rotatable bonds is 3. The number of benzene rings is 1. The molecule has 0 saturated carbocycles. The van der Waals surface area contributed by atoms with Crippen molar-refractivity contribution < 1.29 is 4.79 Å². The van der Waals surface area contributed by atoms with Crippen LogP contribution in [0.1, 0.15) is 23.3 Å². The third-order valence-corrected chi connectivity index (χ3v) is 6.06. The molecule has 1 aliphatic rings. The highest BCUT2D eigenvalue weighted by molar-refractivity contribution is 9.10. The van der Waals surface area contributed by atoms with E-state index in [0.29, 0.717) is 11.1 Å². The Morgan fingerprint density at radius 2 is 2.16 bits per heavy atom. The van der Waals surface area contributed by atoms with Crippen molar-refractivity contribution in [2.45, 2.75) is 32.2 Å². The quantitative estimate of drug-likeness (QED) is 0.705. The van der Waals surface area contributed by atoms with Gasteiger partial charge in [0.05, 0.1) is 11.7 Å². The van der Waals surface area contributed by atoms with Crippen molar-refractivity contribution in [3.05, 3.63) is 55.9 Å². The lowest BCUT2D eigenvalue weighted by Crippen LogP contribution is -2.28. The van der Waals surface area contributed by atoms with Gasteiger partial charge in [0.15, 0.2) is 0 Å². The van der Waals surface area contributed by atoms with E-state index >= 15 is 0 Å². The minimum Gasteiger partial charge on any atom is -0.324 e. The maximum atomic E-state index is 12.8. The van der Waals surface area contributed by atoms with Gasteiger partial charge in [0.25, 0.3) is 5.56 Å². The standard InChI is InChI=1S/C18H16BrN3O2S/c19-11-4-3-5-12(8-11)21-15(23)9-22-10-20-17-16(18(22)24)13-6-1-2-7-14(13)25-17/h3-5,8,10H,1-2,6-7,9H2,(H,21,23). The molecule has 2 heterocycles. The first-order valence-electron chi connectivity index (χ1n) is 8.17. The van der Waals surface area contributed by atoms with E-state index in [4.69, 9.17) is 0 Å². The van der Waals surface area contributed by atoms with Gasteiger partial charge in [-0.05, 0) is 49.4 Å². The molecule has 0 atom stereocenters. The maximum absolute atomic E-state index is 12.8. The molecule has 2 aromatic heterocycles. The van der Waals surface area contributed by atoms with Gasteiger partial charge in [-0.15, -0.1) is 11.3 Å². The highest BCUT2D eigenvalue weighted by Crippen LogP contribution is 2.33. The van der Waals surface area contributed by atoms with Crippen LogP contribution in [0.2, 0.25) is 0 Å². The zero-order valence-corrected chi connectivity index (χ0v) is 15.8. The van der Waals surface area contributed by atoms with Crippen molar-refractivity contribution in [1.29, 1.82) is 0 Å². The van der Waals surface area contributed by atoms with Crippen molar-refractivity contribution in [3.8, 4) is 0 Å². The van der Waals surface area contributed by atoms with Crippen molar-refractivity contribution in [3.63, 3.8) is 0 Å². The van der Waals surface area contributed by atoms with Crippen LogP contribution in [0.15, 0.2) is 39.9 Å². The smallest absolute Gasteiger partial charge is 0.262 e. The Balaban J connectivity index is 1.62. The molecule has 1 aromatic carbocycles. The van der Waals surface area contributed by atoms with Crippen molar-refractivity contribution in [2.75, 3.05) is 5.32 Å². The number of nitrogens with zero attached hydrogens (tertiary/aromatic N) is 2. The molecule has 0 unspecified atom stereocenters. The summed E-state index contributed by atoms with van der Waals surface area (Å²) in [6.07, 6.45) is 5.71. The zero-order chi connectivity index (χ0) is 17.4. The van der Waals surface area contributed by atoms with Crippen LogP contribution in [0.3, 0.4) is 0 Å². The number of carbonyl (C=O) groups excluding carboxylic acids is 1. The van der Waals surface area contributed by atoms with Crippen LogP contribution in [-0.2, 0) is 24.2 Å². The second-order valence-corrected chi connectivity index (χ2v) is 8.13. The van der Waals surface area contributed by atoms with Crippen LogP contribution in [0.5, 0.6) is 0 Å². The van der Waals surface area contributed by atoms with Crippen molar-refractivity contribution in [1.82, 2.24) is 9.55 Å². The van der Waals surface area contributed by atoms with Gasteiger partial charge in [-0.1, -0.05) is 22.0 Å². The lowest BCUT2D eigenvalue weighted by atomic mass is 9.97. The second kappa shape index (κ2) is 6.72. The van der Waals surface area contributed by atoms with Crippen LogP contribution < -0.4 is 10.9 Å². The van der Waals surface area contributed by atoms with Gasteiger partial charge in [0.1, 0.15) is 11.4 Å². The fourth-order valence-electron chi connectivity index (χ4n) is 3.22. The fourth-order valence-corrected chi connectivity index (χ4v) is 4.83. The molecule has 0 bridgehead atoms. The number of hydrogen-bond acceptors (Lipinski definition) is 4. The van der Waals surface area contributed by atoms with Crippen LogP contribution in [0.4, 0.5) is 5.69 Å². The van der Waals surface area contributed by atoms with E-state index in [9.17, 15) is 9.59 Å². The number of hydrogen-bond donors (Lipinski definition) is 1. The van der Waals surface area contributed by atoms with E-state index in [2.05, 4.69) is 26.2 Å². The fraction of sp³-hybridized carbons (Fsp3) is 0.278. The molecule has 0 aliphatic heterocycles. The van der Waals surface area contributed by atoms with Gasteiger partial charge < -0.3 is 5.32 Å². The Morgan fingerprint density at radius 3 is 3.00 bits per heavy atom. The molecule has 1 amide bonds. The molecule has 5 nitrogen and oxygen atoms in total. The third kappa shape index (κ3) is 3.26. The maximum Gasteiger partial charge on any atom is 0.262 e. The first-order chi connectivity index (χ1) is 12.1. The largest absolute Gasteiger partial charge is 0.324 e. The van der Waals surface area contributed by atoms with Gasteiger partial charge in [0, 0.05) is 15.0 Å². The number of amides is 1. The van der Waals surface area contributed by atoms with Crippen LogP contribution in [0, 0.1) is 0 Å². The minimum absolute atomic E-state index is 0.0428. The van der Waals surface area contributed by atoms with Gasteiger partial charge in [-0.3, -0.25) is 14.2 Å². The van der Waals surface area contributed by atoms with Crippen molar-refractivity contribution in [2.24, 2.45) is 0 Å². The summed E-state index contributed by atoms with van der Waals surface area (Å²) >= 11 is 4.99. The Bertz CT molecular complexity index is 1020. The second-order valence-electron chi connectivity index (χ2n) is 6.13. The molecular weight excluding hydrogens is 402 g/mol. The number of thiophene rings is 1. The number of anilines is 1. The number of carbonyl (C=O) groups is 1. The van der Waals surface area contributed by atoms with Crippen molar-refractivity contribution >= 4 is 49.1 Å². The summed E-state index contributed by atoms with van der Waals surface area (Å²) in [6, 6.07) is 7.36. The third-order valence-electron chi connectivity index (χ3n) is 4.36. The SMILES string of the molecule is O=C(Cn1cnc2sc3c(c2c1=O)CCCC3)Nc1cccc(Br)c1. The molecule has 0 saturated heterocycles. The van der Waals surface area contributed by atoms with E-state index in [1.807, 2.05) is 24.3 Å². The zero-order valence-electron chi connectivity index (χ0n) is 13.4. The molecule has 0 fully saturated rings. The summed E-state index contributed by atoms with van der Waals surface area (Å²) in [7, 11) is 0. The van der Waals surface area contributed by atoms with E-state index in [1.54, 1.807) is 11.3 Å². The Morgan fingerprint density at radius 1 is 1.32 bits per heavy atom. The first kappa shape index (κ1) is 16.5. The van der Waals surface area contributed by atoms with Gasteiger partial charge in [-0.25, -0.2) is 4.98 Å². The lowest BCUT2D eigenvalue weighted by Gasteiger charge is -2.10. The average molecular weight is 418 g/mol. The number of aromatic nitrogens is 2. The first-order valence-corrected chi connectivity index (χ1v) is 9.78. The molecule has 1 N–H and O–H groups in total. The summed E-state index contributed by atoms with van der Waals surface area (Å²) in [5.41, 5.74) is 1.72. The Kier molecular flexibility index (Phi) is 4.43. The highest BCUT2D eigenvalue weighted by Gasteiger charge is 2.20. The molecule has 25 heavy (non-hydrogen) atoms. The number of halogens is 1. The summed E-state index contributed by atoms with van der Waals surface area (Å²) < 4.78 is 2.28. The van der Waals surface area contributed by atoms with Crippen LogP contribution in [-0.4, -0.2) is 15.5 Å². The molecule has 7 heteroatoms. The topological polar surface area (TPSA) is 64.0 Å². The van der Waals surface area contributed by atoms with E-state index in [1.165, 1.54) is 22.2 Å². The lowest BCUT2D eigenvalue weighted by molar-refractivity contribution is -0.116. The van der Waals surface area contributed by atoms with E-state index in [0.717, 1.165) is 34.1 Å². The molecule has 128 valence electrons. The predicted molar refractivity (Wildman–Crippen MR) is 103 cm³/mol. The molecule has 3 aromatic rings. The molecule has 0 spiro atoms. The summed E-state index contributed by atoms with van der Waals surface area (Å²) in [5, 5.41) is 3.51. The van der Waals surface area contributed by atoms with Gasteiger partial charge >= 0.3 is 0 Å². The molecule has 4 rings (SSSR count). The average Bonchev–Trinajstić information content (AvgIpc) is 2.96. The number of fused-ring (bicyclic) bond motifs is 3. The summed E-state index contributed by atoms with van der Waals surface area (Å²) in [4.78, 5) is 31.6. The predicted octanol–water partition coefficient (Wildman–Crippen LogP) is 3.74. The minimum atomic E-state index is -0.245. The van der Waals surface area contributed by atoms with E-state index < -0.39 is 0 Å². The normalized spacial score (nSPS) is 13.6.